The van der Waals surface area contributed by atoms with Crippen LogP contribution in [0.3, 0.4) is 0 Å². The number of amides is 1. The molecule has 9 heteroatoms. The standard InChI is InChI=1S/C24H29F2N3O4/c1-22(2,3)33-21(31)29-11-8-23(14-24(25,26)15-23)13-19(29)17-7-6-16(20(30)32-4)12-18(17)28-10-5-9-27/h6-7,12-13,28H,5,8,10-11,14-15H2,1-4H3. The quantitative estimate of drug-likeness (QED) is 0.479. The van der Waals surface area contributed by atoms with E-state index in [0.717, 1.165) is 0 Å². The van der Waals surface area contributed by atoms with E-state index in [-0.39, 0.29) is 31.4 Å². The summed E-state index contributed by atoms with van der Waals surface area (Å²) in [5.74, 6) is -3.26. The molecule has 2 aliphatic rings. The van der Waals surface area contributed by atoms with Crippen LogP contribution < -0.4 is 5.32 Å². The van der Waals surface area contributed by atoms with E-state index in [0.29, 0.717) is 29.9 Å². The number of methoxy groups -OCH3 is 1. The number of nitriles is 1. The van der Waals surface area contributed by atoms with Crippen molar-refractivity contribution in [2.45, 2.75) is 58.0 Å². The maximum Gasteiger partial charge on any atom is 0.414 e. The van der Waals surface area contributed by atoms with Gasteiger partial charge in [0, 0.05) is 42.6 Å². The highest BCUT2D eigenvalue weighted by atomic mass is 19.3. The lowest BCUT2D eigenvalue weighted by molar-refractivity contribution is -0.146. The van der Waals surface area contributed by atoms with E-state index in [1.54, 1.807) is 45.0 Å². The Balaban J connectivity index is 2.07. The van der Waals surface area contributed by atoms with Gasteiger partial charge in [-0.15, -0.1) is 0 Å². The third-order valence-electron chi connectivity index (χ3n) is 5.67. The number of benzene rings is 1. The van der Waals surface area contributed by atoms with Crippen molar-refractivity contribution in [1.82, 2.24) is 4.90 Å². The number of anilines is 1. The molecule has 7 nitrogen and oxygen atoms in total. The van der Waals surface area contributed by atoms with E-state index in [4.69, 9.17) is 14.7 Å². The van der Waals surface area contributed by atoms with Gasteiger partial charge in [0.25, 0.3) is 0 Å². The van der Waals surface area contributed by atoms with Crippen molar-refractivity contribution < 1.29 is 27.8 Å². The molecule has 1 aliphatic carbocycles. The lowest BCUT2D eigenvalue weighted by atomic mass is 9.62. The first kappa shape index (κ1) is 24.5. The Hall–Kier alpha value is -3.15. The lowest BCUT2D eigenvalue weighted by Gasteiger charge is -2.50. The number of halogens is 2. The predicted molar refractivity (Wildman–Crippen MR) is 119 cm³/mol. The van der Waals surface area contributed by atoms with Crippen LogP contribution in [0.4, 0.5) is 19.3 Å². The maximum absolute atomic E-state index is 13.8. The summed E-state index contributed by atoms with van der Waals surface area (Å²) in [4.78, 5) is 26.5. The molecule has 0 radical (unpaired) electrons. The van der Waals surface area contributed by atoms with Crippen LogP contribution in [0.1, 0.15) is 62.4 Å². The van der Waals surface area contributed by atoms with Gasteiger partial charge in [-0.05, 0) is 45.4 Å². The molecule has 1 N–H and O–H groups in total. The van der Waals surface area contributed by atoms with Gasteiger partial charge in [0.2, 0.25) is 5.92 Å². The first-order chi connectivity index (χ1) is 15.4. The number of esters is 1. The van der Waals surface area contributed by atoms with E-state index in [2.05, 4.69) is 5.32 Å². The number of allylic oxidation sites excluding steroid dienone is 1. The Labute approximate surface area is 192 Å². The Morgan fingerprint density at radius 2 is 1.97 bits per heavy atom. The van der Waals surface area contributed by atoms with Crippen LogP contribution in [0.15, 0.2) is 24.3 Å². The molecule has 1 fully saturated rings. The summed E-state index contributed by atoms with van der Waals surface area (Å²) in [5.41, 5.74) is 0.343. The highest BCUT2D eigenvalue weighted by Crippen LogP contribution is 2.58. The number of alkyl halides is 2. The number of carbonyl (C=O) groups is 2. The zero-order chi connectivity index (χ0) is 24.4. The lowest BCUT2D eigenvalue weighted by Crippen LogP contribution is -2.50. The smallest absolute Gasteiger partial charge is 0.414 e. The average Bonchev–Trinajstić information content (AvgIpc) is 2.70. The minimum absolute atomic E-state index is 0.215. The predicted octanol–water partition coefficient (Wildman–Crippen LogP) is 5.20. The van der Waals surface area contributed by atoms with Crippen LogP contribution in [0.5, 0.6) is 0 Å². The minimum Gasteiger partial charge on any atom is -0.465 e. The van der Waals surface area contributed by atoms with Crippen LogP contribution in [-0.4, -0.2) is 48.7 Å². The molecule has 178 valence electrons. The molecule has 1 saturated carbocycles. The summed E-state index contributed by atoms with van der Waals surface area (Å²) in [5, 5.41) is 12.0. The Kier molecular flexibility index (Phi) is 6.68. The molecular formula is C24H29F2N3O4. The van der Waals surface area contributed by atoms with Crippen molar-refractivity contribution in [2.24, 2.45) is 5.41 Å². The second-order valence-corrected chi connectivity index (χ2v) is 9.57. The number of nitrogens with one attached hydrogen (secondary N) is 1. The van der Waals surface area contributed by atoms with Gasteiger partial charge in [-0.2, -0.15) is 5.26 Å². The van der Waals surface area contributed by atoms with Crippen LogP contribution >= 0.6 is 0 Å². The van der Waals surface area contributed by atoms with E-state index in [1.807, 2.05) is 6.07 Å². The van der Waals surface area contributed by atoms with Crippen LogP contribution in [0.25, 0.3) is 5.70 Å². The Morgan fingerprint density at radius 3 is 2.55 bits per heavy atom. The normalized spacial score (nSPS) is 18.6. The molecule has 0 atom stereocenters. The van der Waals surface area contributed by atoms with Crippen LogP contribution in [0.2, 0.25) is 0 Å². The van der Waals surface area contributed by atoms with Gasteiger partial charge in [-0.1, -0.05) is 6.08 Å². The zero-order valence-electron chi connectivity index (χ0n) is 19.3. The summed E-state index contributed by atoms with van der Waals surface area (Å²) >= 11 is 0. The van der Waals surface area contributed by atoms with Gasteiger partial charge < -0.3 is 14.8 Å². The van der Waals surface area contributed by atoms with Gasteiger partial charge in [-0.25, -0.2) is 18.4 Å². The second kappa shape index (κ2) is 9.00. The third-order valence-corrected chi connectivity index (χ3v) is 5.67. The molecular weight excluding hydrogens is 432 g/mol. The number of hydrogen-bond donors (Lipinski definition) is 1. The molecule has 1 aromatic rings. The van der Waals surface area contributed by atoms with Gasteiger partial charge in [-0.3, -0.25) is 4.90 Å². The largest absolute Gasteiger partial charge is 0.465 e. The van der Waals surface area contributed by atoms with E-state index in [1.165, 1.54) is 12.0 Å². The van der Waals surface area contributed by atoms with Gasteiger partial charge >= 0.3 is 12.1 Å². The fraction of sp³-hybridized carbons (Fsp3) is 0.542. The minimum atomic E-state index is -2.72. The molecule has 0 unspecified atom stereocenters. The summed E-state index contributed by atoms with van der Waals surface area (Å²) in [6.07, 6.45) is 1.23. The summed E-state index contributed by atoms with van der Waals surface area (Å²) in [6.45, 7) is 5.80. The number of hydrogen-bond acceptors (Lipinski definition) is 6. The molecule has 1 aromatic carbocycles. The van der Waals surface area contributed by atoms with E-state index in [9.17, 15) is 18.4 Å². The average molecular weight is 462 g/mol. The van der Waals surface area contributed by atoms with Crippen molar-refractivity contribution in [1.29, 1.82) is 5.26 Å². The van der Waals surface area contributed by atoms with Crippen molar-refractivity contribution in [3.8, 4) is 6.07 Å². The molecule has 1 spiro atoms. The first-order valence-electron chi connectivity index (χ1n) is 10.8. The van der Waals surface area contributed by atoms with Crippen LogP contribution in [0, 0.1) is 16.7 Å². The summed E-state index contributed by atoms with van der Waals surface area (Å²) in [6, 6.07) is 6.82. The van der Waals surface area contributed by atoms with Gasteiger partial charge in [0.15, 0.2) is 0 Å². The monoisotopic (exact) mass is 461 g/mol. The Morgan fingerprint density at radius 1 is 1.27 bits per heavy atom. The number of ether oxygens (including phenoxy) is 2. The number of rotatable bonds is 5. The topological polar surface area (TPSA) is 91.7 Å². The number of carbonyl (C=O) groups excluding carboxylic acids is 2. The molecule has 0 bridgehead atoms. The molecule has 0 saturated heterocycles. The Bertz CT molecular complexity index is 1000. The van der Waals surface area contributed by atoms with Crippen LogP contribution in [-0.2, 0) is 9.47 Å². The molecule has 33 heavy (non-hydrogen) atoms. The molecule has 1 heterocycles. The van der Waals surface area contributed by atoms with E-state index < -0.39 is 29.0 Å². The summed E-state index contributed by atoms with van der Waals surface area (Å²) in [7, 11) is 1.27. The van der Waals surface area contributed by atoms with E-state index >= 15 is 0 Å². The maximum atomic E-state index is 13.8. The fourth-order valence-electron chi connectivity index (χ4n) is 4.29. The van der Waals surface area contributed by atoms with Crippen molar-refractivity contribution in [3.05, 3.63) is 35.4 Å². The SMILES string of the molecule is COC(=O)c1ccc(C2=CC3(CCN2C(=O)OC(C)(C)C)CC(F)(F)C3)c(NCCC#N)c1. The van der Waals surface area contributed by atoms with Crippen molar-refractivity contribution in [2.75, 3.05) is 25.5 Å². The van der Waals surface area contributed by atoms with Gasteiger partial charge in [0.05, 0.1) is 30.9 Å². The first-order valence-corrected chi connectivity index (χ1v) is 10.8. The molecule has 0 aromatic heterocycles. The molecule has 1 amide bonds. The fourth-order valence-corrected chi connectivity index (χ4v) is 4.29. The number of nitrogens with zero attached hydrogens (tertiary/aromatic N) is 2. The van der Waals surface area contributed by atoms with Crippen molar-refractivity contribution >= 4 is 23.4 Å². The highest BCUT2D eigenvalue weighted by molar-refractivity contribution is 5.93. The highest BCUT2D eigenvalue weighted by Gasteiger charge is 2.56. The molecule has 1 aliphatic heterocycles. The van der Waals surface area contributed by atoms with Crippen molar-refractivity contribution in [3.63, 3.8) is 0 Å². The van der Waals surface area contributed by atoms with Gasteiger partial charge in [0.1, 0.15) is 5.60 Å². The summed E-state index contributed by atoms with van der Waals surface area (Å²) < 4.78 is 38.0. The second-order valence-electron chi connectivity index (χ2n) is 9.57. The zero-order valence-corrected chi connectivity index (χ0v) is 19.3. The molecule has 3 rings (SSSR count). The third kappa shape index (κ3) is 5.62.